The molecule has 0 amide bonds. The summed E-state index contributed by atoms with van der Waals surface area (Å²) in [6.07, 6.45) is 3.12. The summed E-state index contributed by atoms with van der Waals surface area (Å²) in [6, 6.07) is 3.80. The number of pyridine rings is 1. The Morgan fingerprint density at radius 1 is 1.67 bits per heavy atom. The fraction of sp³-hybridized carbons (Fsp3) is 0.417. The molecule has 1 atom stereocenters. The normalized spacial score (nSPS) is 19.3. The molecule has 6 heteroatoms. The number of nitrogens with zero attached hydrogens (tertiary/aromatic N) is 3. The van der Waals surface area contributed by atoms with Crippen LogP contribution in [-0.4, -0.2) is 29.1 Å². The number of halogens is 1. The Bertz CT molecular complexity index is 513. The SMILES string of the molecule is N#Cc1cc(Br)cnc1N1CCCC(C(=O)O)C1. The van der Waals surface area contributed by atoms with E-state index in [9.17, 15) is 4.79 Å². The lowest BCUT2D eigenvalue weighted by atomic mass is 9.98. The van der Waals surface area contributed by atoms with Gasteiger partial charge in [0.15, 0.2) is 0 Å². The van der Waals surface area contributed by atoms with Crippen LogP contribution in [0, 0.1) is 17.2 Å². The predicted octanol–water partition coefficient (Wildman–Crippen LogP) is 2.02. The van der Waals surface area contributed by atoms with Gasteiger partial charge < -0.3 is 10.0 Å². The standard InChI is InChI=1S/C12H12BrN3O2/c13-10-4-9(5-14)11(15-6-10)16-3-1-2-8(7-16)12(17)18/h4,6,8H,1-3,7H2,(H,17,18). The zero-order valence-corrected chi connectivity index (χ0v) is 11.2. The van der Waals surface area contributed by atoms with Crippen LogP contribution in [-0.2, 0) is 4.79 Å². The highest BCUT2D eigenvalue weighted by molar-refractivity contribution is 9.10. The number of carboxylic acid groups (broad SMARTS) is 1. The van der Waals surface area contributed by atoms with Crippen molar-refractivity contribution in [1.29, 1.82) is 5.26 Å². The summed E-state index contributed by atoms with van der Waals surface area (Å²) in [4.78, 5) is 17.1. The third kappa shape index (κ3) is 2.62. The lowest BCUT2D eigenvalue weighted by Gasteiger charge is -2.32. The van der Waals surface area contributed by atoms with E-state index in [4.69, 9.17) is 10.4 Å². The van der Waals surface area contributed by atoms with Gasteiger partial charge in [0.05, 0.1) is 11.5 Å². The van der Waals surface area contributed by atoms with Crippen molar-refractivity contribution in [3.05, 3.63) is 22.3 Å². The summed E-state index contributed by atoms with van der Waals surface area (Å²) in [7, 11) is 0. The van der Waals surface area contributed by atoms with Crippen molar-refractivity contribution >= 4 is 27.7 Å². The minimum absolute atomic E-state index is 0.379. The van der Waals surface area contributed by atoms with Gasteiger partial charge in [0.1, 0.15) is 11.9 Å². The van der Waals surface area contributed by atoms with Gasteiger partial charge in [-0.3, -0.25) is 4.79 Å². The number of nitriles is 1. The maximum absolute atomic E-state index is 11.0. The zero-order chi connectivity index (χ0) is 13.1. The number of carbonyl (C=O) groups is 1. The fourth-order valence-electron chi connectivity index (χ4n) is 2.14. The Morgan fingerprint density at radius 2 is 2.44 bits per heavy atom. The zero-order valence-electron chi connectivity index (χ0n) is 9.64. The quantitative estimate of drug-likeness (QED) is 0.904. The number of hydrogen-bond donors (Lipinski definition) is 1. The van der Waals surface area contributed by atoms with Crippen LogP contribution in [0.2, 0.25) is 0 Å². The van der Waals surface area contributed by atoms with E-state index in [1.165, 1.54) is 0 Å². The largest absolute Gasteiger partial charge is 0.481 e. The Morgan fingerprint density at radius 3 is 3.11 bits per heavy atom. The van der Waals surface area contributed by atoms with Gasteiger partial charge >= 0.3 is 5.97 Å². The number of rotatable bonds is 2. The van der Waals surface area contributed by atoms with Gasteiger partial charge in [0.25, 0.3) is 0 Å². The van der Waals surface area contributed by atoms with Crippen molar-refractivity contribution in [3.8, 4) is 6.07 Å². The lowest BCUT2D eigenvalue weighted by Crippen LogP contribution is -2.39. The van der Waals surface area contributed by atoms with Gasteiger partial charge in [-0.2, -0.15) is 5.26 Å². The molecule has 1 unspecified atom stereocenters. The monoisotopic (exact) mass is 309 g/mol. The Kier molecular flexibility index (Phi) is 3.82. The molecule has 0 spiro atoms. The van der Waals surface area contributed by atoms with Gasteiger partial charge in [0.2, 0.25) is 0 Å². The van der Waals surface area contributed by atoms with E-state index in [2.05, 4.69) is 27.0 Å². The van der Waals surface area contributed by atoms with Gasteiger partial charge in [-0.05, 0) is 34.8 Å². The number of piperidine rings is 1. The summed E-state index contributed by atoms with van der Waals surface area (Å²) in [5, 5.41) is 18.1. The Labute approximate surface area is 113 Å². The molecule has 5 nitrogen and oxygen atoms in total. The van der Waals surface area contributed by atoms with Crippen LogP contribution >= 0.6 is 15.9 Å². The van der Waals surface area contributed by atoms with Crippen molar-refractivity contribution in [2.24, 2.45) is 5.92 Å². The molecule has 0 bridgehead atoms. The van der Waals surface area contributed by atoms with Crippen LogP contribution in [0.15, 0.2) is 16.7 Å². The molecule has 1 N–H and O–H groups in total. The van der Waals surface area contributed by atoms with Crippen LogP contribution in [0.4, 0.5) is 5.82 Å². The molecule has 1 saturated heterocycles. The average molecular weight is 310 g/mol. The van der Waals surface area contributed by atoms with Crippen molar-refractivity contribution in [2.75, 3.05) is 18.0 Å². The van der Waals surface area contributed by atoms with Crippen LogP contribution < -0.4 is 4.90 Å². The Hall–Kier alpha value is -1.61. The van der Waals surface area contributed by atoms with E-state index in [1.54, 1.807) is 12.3 Å². The van der Waals surface area contributed by atoms with Crippen molar-refractivity contribution < 1.29 is 9.90 Å². The summed E-state index contributed by atoms with van der Waals surface area (Å²) >= 11 is 3.27. The summed E-state index contributed by atoms with van der Waals surface area (Å²) in [5.74, 6) is -0.585. The molecule has 1 aromatic heterocycles. The fourth-order valence-corrected chi connectivity index (χ4v) is 2.47. The summed E-state index contributed by atoms with van der Waals surface area (Å²) in [5.41, 5.74) is 0.468. The highest BCUT2D eigenvalue weighted by atomic mass is 79.9. The number of hydrogen-bond acceptors (Lipinski definition) is 4. The first-order chi connectivity index (χ1) is 8.61. The van der Waals surface area contributed by atoms with Crippen LogP contribution in [0.1, 0.15) is 18.4 Å². The average Bonchev–Trinajstić information content (AvgIpc) is 2.38. The smallest absolute Gasteiger partial charge is 0.308 e. The Balaban J connectivity index is 2.26. The second-order valence-corrected chi connectivity index (χ2v) is 5.18. The molecule has 2 heterocycles. The van der Waals surface area contributed by atoms with E-state index in [0.29, 0.717) is 24.3 Å². The van der Waals surface area contributed by atoms with Gasteiger partial charge in [-0.1, -0.05) is 0 Å². The third-order valence-electron chi connectivity index (χ3n) is 3.02. The first kappa shape index (κ1) is 12.8. The molecule has 0 aliphatic carbocycles. The van der Waals surface area contributed by atoms with E-state index < -0.39 is 5.97 Å². The predicted molar refractivity (Wildman–Crippen MR) is 69.2 cm³/mol. The van der Waals surface area contributed by atoms with Crippen molar-refractivity contribution in [2.45, 2.75) is 12.8 Å². The minimum atomic E-state index is -0.782. The molecular weight excluding hydrogens is 298 g/mol. The molecular formula is C12H12BrN3O2. The van der Waals surface area contributed by atoms with Gasteiger partial charge in [0, 0.05) is 23.8 Å². The van der Waals surface area contributed by atoms with Gasteiger partial charge in [-0.15, -0.1) is 0 Å². The number of anilines is 1. The van der Waals surface area contributed by atoms with Crippen LogP contribution in [0.3, 0.4) is 0 Å². The molecule has 94 valence electrons. The molecule has 18 heavy (non-hydrogen) atoms. The molecule has 0 saturated carbocycles. The maximum atomic E-state index is 11.0. The van der Waals surface area contributed by atoms with E-state index in [-0.39, 0.29) is 5.92 Å². The molecule has 2 rings (SSSR count). The number of carboxylic acids is 1. The summed E-state index contributed by atoms with van der Waals surface area (Å²) in [6.45, 7) is 1.16. The number of aromatic nitrogens is 1. The minimum Gasteiger partial charge on any atom is -0.481 e. The third-order valence-corrected chi connectivity index (χ3v) is 3.46. The molecule has 1 aromatic rings. The highest BCUT2D eigenvalue weighted by Gasteiger charge is 2.27. The van der Waals surface area contributed by atoms with Crippen molar-refractivity contribution in [1.82, 2.24) is 4.98 Å². The van der Waals surface area contributed by atoms with E-state index in [1.807, 2.05) is 4.90 Å². The number of aliphatic carboxylic acids is 1. The molecule has 1 aliphatic rings. The second-order valence-electron chi connectivity index (χ2n) is 4.26. The van der Waals surface area contributed by atoms with Gasteiger partial charge in [-0.25, -0.2) is 4.98 Å². The molecule has 1 aliphatic heterocycles. The lowest BCUT2D eigenvalue weighted by molar-refractivity contribution is -0.141. The molecule has 1 fully saturated rings. The van der Waals surface area contributed by atoms with E-state index in [0.717, 1.165) is 17.4 Å². The van der Waals surface area contributed by atoms with Crippen LogP contribution in [0.25, 0.3) is 0 Å². The topological polar surface area (TPSA) is 77.2 Å². The first-order valence-electron chi connectivity index (χ1n) is 5.65. The molecule has 0 radical (unpaired) electrons. The first-order valence-corrected chi connectivity index (χ1v) is 6.44. The summed E-state index contributed by atoms with van der Waals surface area (Å²) < 4.78 is 0.745. The highest BCUT2D eigenvalue weighted by Crippen LogP contribution is 2.26. The second kappa shape index (κ2) is 5.36. The van der Waals surface area contributed by atoms with Crippen LogP contribution in [0.5, 0.6) is 0 Å². The van der Waals surface area contributed by atoms with E-state index >= 15 is 0 Å². The maximum Gasteiger partial charge on any atom is 0.308 e. The molecule has 0 aromatic carbocycles. The van der Waals surface area contributed by atoms with Crippen molar-refractivity contribution in [3.63, 3.8) is 0 Å².